The predicted octanol–water partition coefficient (Wildman–Crippen LogP) is 3.65. The number of hydrogen-bond donors (Lipinski definition) is 0. The third-order valence-corrected chi connectivity index (χ3v) is 3.51. The van der Waals surface area contributed by atoms with Crippen LogP contribution in [0.3, 0.4) is 0 Å². The first-order valence-electron chi connectivity index (χ1n) is 5.99. The quantitative estimate of drug-likeness (QED) is 0.789. The van der Waals surface area contributed by atoms with Crippen molar-refractivity contribution in [1.29, 1.82) is 0 Å². The van der Waals surface area contributed by atoms with E-state index in [4.69, 9.17) is 27.9 Å². The maximum atomic E-state index is 13.5. The monoisotopic (exact) mass is 304 g/mol. The van der Waals surface area contributed by atoms with Crippen LogP contribution in [-0.2, 0) is 17.7 Å². The van der Waals surface area contributed by atoms with Gasteiger partial charge in [0.2, 0.25) is 0 Å². The molecular formula is C13H15Cl2FN2O. The zero-order valence-electron chi connectivity index (χ0n) is 10.8. The second kappa shape index (κ2) is 6.07. The first-order valence-corrected chi connectivity index (χ1v) is 6.91. The number of aromatic nitrogens is 2. The minimum absolute atomic E-state index is 0.0234. The van der Waals surface area contributed by atoms with Gasteiger partial charge in [0.05, 0.1) is 28.7 Å². The molecule has 0 amide bonds. The second-order valence-corrected chi connectivity index (χ2v) is 5.16. The molecule has 1 heterocycles. The molecule has 1 atom stereocenters. The fraction of sp³-hybridized carbons (Fsp3) is 0.462. The van der Waals surface area contributed by atoms with Crippen LogP contribution in [0.4, 0.5) is 4.39 Å². The Morgan fingerprint density at radius 1 is 1.47 bits per heavy atom. The van der Waals surface area contributed by atoms with Crippen LogP contribution in [0.5, 0.6) is 0 Å². The Morgan fingerprint density at radius 2 is 2.21 bits per heavy atom. The Kier molecular flexibility index (Phi) is 4.66. The molecule has 0 bridgehead atoms. The molecular weight excluding hydrogens is 290 g/mol. The van der Waals surface area contributed by atoms with Gasteiger partial charge in [-0.25, -0.2) is 9.37 Å². The van der Waals surface area contributed by atoms with Crippen molar-refractivity contribution in [3.63, 3.8) is 0 Å². The van der Waals surface area contributed by atoms with E-state index in [1.807, 2.05) is 11.5 Å². The summed E-state index contributed by atoms with van der Waals surface area (Å²) in [6, 6.07) is 2.95. The third-order valence-electron chi connectivity index (χ3n) is 3.03. The lowest BCUT2D eigenvalue weighted by atomic mass is 10.3. The summed E-state index contributed by atoms with van der Waals surface area (Å²) < 4.78 is 20.7. The van der Waals surface area contributed by atoms with Gasteiger partial charge in [-0.15, -0.1) is 11.6 Å². The van der Waals surface area contributed by atoms with Gasteiger partial charge in [0, 0.05) is 25.5 Å². The summed E-state index contributed by atoms with van der Waals surface area (Å²) >= 11 is 11.6. The van der Waals surface area contributed by atoms with Crippen molar-refractivity contribution < 1.29 is 9.13 Å². The van der Waals surface area contributed by atoms with Crippen molar-refractivity contribution in [1.82, 2.24) is 9.55 Å². The molecule has 1 aromatic heterocycles. The van der Waals surface area contributed by atoms with E-state index in [0.29, 0.717) is 24.4 Å². The minimum Gasteiger partial charge on any atom is -0.380 e. The number of alkyl halides is 1. The number of rotatable bonds is 5. The van der Waals surface area contributed by atoms with Gasteiger partial charge in [-0.3, -0.25) is 0 Å². The molecule has 0 saturated heterocycles. The van der Waals surface area contributed by atoms with E-state index >= 15 is 0 Å². The highest BCUT2D eigenvalue weighted by Crippen LogP contribution is 2.24. The van der Waals surface area contributed by atoms with Crippen LogP contribution in [-0.4, -0.2) is 28.6 Å². The average molecular weight is 305 g/mol. The number of aryl methyl sites for hydroxylation is 1. The molecule has 0 radical (unpaired) electrons. The van der Waals surface area contributed by atoms with Crippen molar-refractivity contribution in [3.8, 4) is 0 Å². The standard InChI is InChI=1S/C13H15Cl2FN2O/c1-8(19-2)7-18-12-5-9(15)10(16)6-11(12)17-13(18)3-4-14/h5-6,8H,3-4,7H2,1-2H3. The lowest BCUT2D eigenvalue weighted by Gasteiger charge is -2.13. The maximum Gasteiger partial charge on any atom is 0.144 e. The molecule has 1 aromatic carbocycles. The van der Waals surface area contributed by atoms with E-state index in [1.165, 1.54) is 6.07 Å². The van der Waals surface area contributed by atoms with Crippen LogP contribution >= 0.6 is 23.2 Å². The SMILES string of the molecule is COC(C)Cn1c(CCCl)nc2cc(F)c(Cl)cc21. The summed E-state index contributed by atoms with van der Waals surface area (Å²) in [5.41, 5.74) is 1.39. The van der Waals surface area contributed by atoms with Gasteiger partial charge in [0.25, 0.3) is 0 Å². The van der Waals surface area contributed by atoms with Crippen LogP contribution in [0, 0.1) is 5.82 Å². The summed E-state index contributed by atoms with van der Waals surface area (Å²) in [6.45, 7) is 2.59. The number of methoxy groups -OCH3 is 1. The van der Waals surface area contributed by atoms with Crippen LogP contribution in [0.2, 0.25) is 5.02 Å². The summed E-state index contributed by atoms with van der Waals surface area (Å²) in [6.07, 6.45) is 0.640. The molecule has 1 unspecified atom stereocenters. The fourth-order valence-electron chi connectivity index (χ4n) is 1.98. The first kappa shape index (κ1) is 14.6. The molecule has 0 fully saturated rings. The van der Waals surface area contributed by atoms with Crippen molar-refractivity contribution in [2.45, 2.75) is 26.0 Å². The van der Waals surface area contributed by atoms with E-state index in [9.17, 15) is 4.39 Å². The van der Waals surface area contributed by atoms with Crippen LogP contribution < -0.4 is 0 Å². The van der Waals surface area contributed by atoms with E-state index < -0.39 is 5.82 Å². The van der Waals surface area contributed by atoms with Gasteiger partial charge in [-0.05, 0) is 13.0 Å². The summed E-state index contributed by atoms with van der Waals surface area (Å²) in [4.78, 5) is 4.42. The fourth-order valence-corrected chi connectivity index (χ4v) is 2.31. The molecule has 104 valence electrons. The van der Waals surface area contributed by atoms with Gasteiger partial charge >= 0.3 is 0 Å². The number of fused-ring (bicyclic) bond motifs is 1. The second-order valence-electron chi connectivity index (χ2n) is 4.38. The molecule has 2 aromatic rings. The molecule has 6 heteroatoms. The Morgan fingerprint density at radius 3 is 2.84 bits per heavy atom. The molecule has 0 saturated carbocycles. The van der Waals surface area contributed by atoms with Gasteiger partial charge in [-0.1, -0.05) is 11.6 Å². The van der Waals surface area contributed by atoms with Crippen molar-refractivity contribution in [3.05, 3.63) is 28.8 Å². The van der Waals surface area contributed by atoms with Gasteiger partial charge in [-0.2, -0.15) is 0 Å². The van der Waals surface area contributed by atoms with Crippen molar-refractivity contribution in [2.24, 2.45) is 0 Å². The molecule has 0 spiro atoms. The largest absolute Gasteiger partial charge is 0.380 e. The number of hydrogen-bond acceptors (Lipinski definition) is 2. The lowest BCUT2D eigenvalue weighted by Crippen LogP contribution is -2.17. The van der Waals surface area contributed by atoms with E-state index in [0.717, 1.165) is 11.3 Å². The van der Waals surface area contributed by atoms with Gasteiger partial charge in [0.15, 0.2) is 0 Å². The lowest BCUT2D eigenvalue weighted by molar-refractivity contribution is 0.103. The maximum absolute atomic E-state index is 13.5. The van der Waals surface area contributed by atoms with E-state index in [-0.39, 0.29) is 11.1 Å². The number of imidazole rings is 1. The smallest absolute Gasteiger partial charge is 0.144 e. The molecule has 0 aliphatic rings. The average Bonchev–Trinajstić information content (AvgIpc) is 2.68. The van der Waals surface area contributed by atoms with Gasteiger partial charge < -0.3 is 9.30 Å². The molecule has 2 rings (SSSR count). The van der Waals surface area contributed by atoms with Crippen LogP contribution in [0.1, 0.15) is 12.7 Å². The Bertz CT molecular complexity index is 586. The molecule has 0 aliphatic heterocycles. The molecule has 19 heavy (non-hydrogen) atoms. The van der Waals surface area contributed by atoms with Crippen molar-refractivity contribution >= 4 is 34.2 Å². The normalized spacial score (nSPS) is 13.1. The molecule has 0 aliphatic carbocycles. The van der Waals surface area contributed by atoms with E-state index in [2.05, 4.69) is 4.98 Å². The minimum atomic E-state index is -0.462. The van der Waals surface area contributed by atoms with Crippen molar-refractivity contribution in [2.75, 3.05) is 13.0 Å². The van der Waals surface area contributed by atoms with E-state index in [1.54, 1.807) is 13.2 Å². The van der Waals surface area contributed by atoms with Crippen LogP contribution in [0.15, 0.2) is 12.1 Å². The van der Waals surface area contributed by atoms with Crippen LogP contribution in [0.25, 0.3) is 11.0 Å². The first-order chi connectivity index (χ1) is 9.06. The zero-order chi connectivity index (χ0) is 14.0. The van der Waals surface area contributed by atoms with Gasteiger partial charge in [0.1, 0.15) is 11.6 Å². The summed E-state index contributed by atoms with van der Waals surface area (Å²) in [5, 5.41) is 0.0937. The Labute approximate surface area is 121 Å². The summed E-state index contributed by atoms with van der Waals surface area (Å²) in [7, 11) is 1.65. The summed E-state index contributed by atoms with van der Waals surface area (Å²) in [5.74, 6) is 0.813. The zero-order valence-corrected chi connectivity index (χ0v) is 12.3. The molecule has 3 nitrogen and oxygen atoms in total. The topological polar surface area (TPSA) is 27.1 Å². The highest BCUT2D eigenvalue weighted by Gasteiger charge is 2.15. The number of benzene rings is 1. The highest BCUT2D eigenvalue weighted by atomic mass is 35.5. The third kappa shape index (κ3) is 3.02. The Hall–Kier alpha value is -0.840. The molecule has 0 N–H and O–H groups in total. The predicted molar refractivity (Wildman–Crippen MR) is 75.6 cm³/mol. The number of nitrogens with zero attached hydrogens (tertiary/aromatic N) is 2. The Balaban J connectivity index is 2.55. The number of halogens is 3. The number of ether oxygens (including phenoxy) is 1. The highest BCUT2D eigenvalue weighted by molar-refractivity contribution is 6.31.